The molecule has 6 rings (SSSR count). The molecule has 4 heterocycles. The average Bonchev–Trinajstić information content (AvgIpc) is 3.28. The Balaban J connectivity index is 1.66. The summed E-state index contributed by atoms with van der Waals surface area (Å²) >= 11 is 0. The van der Waals surface area contributed by atoms with E-state index in [-0.39, 0.29) is 5.56 Å². The molecular formula is C26H26N6O4. The second kappa shape index (κ2) is 7.84. The van der Waals surface area contributed by atoms with Gasteiger partial charge in [0.15, 0.2) is 5.65 Å². The summed E-state index contributed by atoms with van der Waals surface area (Å²) in [6.07, 6.45) is 5.52. The molecule has 1 aromatic carbocycles. The van der Waals surface area contributed by atoms with Gasteiger partial charge < -0.3 is 14.7 Å². The van der Waals surface area contributed by atoms with Crippen LogP contribution in [0.3, 0.4) is 0 Å². The number of carboxylic acid groups (broad SMARTS) is 1. The summed E-state index contributed by atoms with van der Waals surface area (Å²) in [5.41, 5.74) is 3.72. The maximum Gasteiger partial charge on any atom is 0.337 e. The average molecular weight is 487 g/mol. The molecular weight excluding hydrogens is 460 g/mol. The lowest BCUT2D eigenvalue weighted by Gasteiger charge is -2.09. The molecule has 5 aromatic rings. The van der Waals surface area contributed by atoms with Crippen molar-refractivity contribution in [2.45, 2.75) is 32.9 Å². The Morgan fingerprint density at radius 1 is 1.19 bits per heavy atom. The quantitative estimate of drug-likeness (QED) is 0.382. The normalized spacial score (nSPS) is 13.8. The second-order valence-electron chi connectivity index (χ2n) is 9.80. The van der Waals surface area contributed by atoms with E-state index in [4.69, 9.17) is 5.10 Å². The van der Waals surface area contributed by atoms with Crippen LogP contribution in [-0.2, 0) is 27.2 Å². The maximum atomic E-state index is 13.5. The molecule has 0 bridgehead atoms. The first-order valence-electron chi connectivity index (χ1n) is 11.9. The zero-order valence-electron chi connectivity index (χ0n) is 20.3. The molecule has 10 nitrogen and oxygen atoms in total. The first-order chi connectivity index (χ1) is 17.2. The van der Waals surface area contributed by atoms with Crippen LogP contribution < -0.4 is 11.2 Å². The fraction of sp³-hybridized carbons (Fsp3) is 0.308. The number of H-pyrrole nitrogens is 1. The van der Waals surface area contributed by atoms with Gasteiger partial charge in [0.25, 0.3) is 5.56 Å². The molecule has 1 fully saturated rings. The van der Waals surface area contributed by atoms with E-state index in [1.165, 1.54) is 13.2 Å². The Hall–Kier alpha value is -4.34. The van der Waals surface area contributed by atoms with Crippen molar-refractivity contribution in [3.05, 3.63) is 74.2 Å². The highest BCUT2D eigenvalue weighted by Crippen LogP contribution is 2.33. The van der Waals surface area contributed by atoms with Crippen molar-refractivity contribution in [1.29, 1.82) is 0 Å². The van der Waals surface area contributed by atoms with E-state index in [0.717, 1.165) is 39.4 Å². The summed E-state index contributed by atoms with van der Waals surface area (Å²) in [4.78, 5) is 41.6. The highest BCUT2D eigenvalue weighted by molar-refractivity contribution is 5.94. The van der Waals surface area contributed by atoms with Crippen LogP contribution in [0.5, 0.6) is 0 Å². The zero-order valence-corrected chi connectivity index (χ0v) is 20.3. The van der Waals surface area contributed by atoms with E-state index in [1.54, 1.807) is 26.9 Å². The van der Waals surface area contributed by atoms with Crippen molar-refractivity contribution < 1.29 is 9.90 Å². The van der Waals surface area contributed by atoms with Gasteiger partial charge in [0, 0.05) is 43.9 Å². The van der Waals surface area contributed by atoms with Gasteiger partial charge in [-0.3, -0.25) is 18.6 Å². The molecule has 1 saturated carbocycles. The van der Waals surface area contributed by atoms with Crippen molar-refractivity contribution in [3.63, 3.8) is 0 Å². The number of aromatic amines is 1. The minimum Gasteiger partial charge on any atom is -0.478 e. The largest absolute Gasteiger partial charge is 0.478 e. The number of benzene rings is 1. The summed E-state index contributed by atoms with van der Waals surface area (Å²) in [7, 11) is 3.22. The van der Waals surface area contributed by atoms with Gasteiger partial charge in [-0.1, -0.05) is 11.6 Å². The predicted octanol–water partition coefficient (Wildman–Crippen LogP) is 2.85. The second-order valence-corrected chi connectivity index (χ2v) is 9.80. The molecule has 1 aliphatic rings. The first-order valence-corrected chi connectivity index (χ1v) is 11.9. The lowest BCUT2D eigenvalue weighted by molar-refractivity contribution is 0.0697. The molecule has 2 N–H and O–H groups in total. The molecule has 0 atom stereocenters. The van der Waals surface area contributed by atoms with Gasteiger partial charge >= 0.3 is 11.7 Å². The summed E-state index contributed by atoms with van der Waals surface area (Å²) in [5, 5.41) is 15.8. The number of nitrogens with zero attached hydrogens (tertiary/aromatic N) is 5. The number of hydrogen-bond acceptors (Lipinski definition) is 4. The fourth-order valence-corrected chi connectivity index (χ4v) is 4.96. The zero-order chi connectivity index (χ0) is 25.3. The number of carboxylic acids is 1. The van der Waals surface area contributed by atoms with Gasteiger partial charge in [-0.25, -0.2) is 9.59 Å². The molecule has 0 unspecified atom stereocenters. The van der Waals surface area contributed by atoms with Crippen LogP contribution in [0.1, 0.15) is 34.3 Å². The van der Waals surface area contributed by atoms with Crippen LogP contribution in [0, 0.1) is 12.8 Å². The topological polar surface area (TPSA) is 120 Å². The highest BCUT2D eigenvalue weighted by Gasteiger charge is 2.28. The lowest BCUT2D eigenvalue weighted by atomic mass is 10.1. The number of aromatic carboxylic acids is 1. The molecule has 0 radical (unpaired) electrons. The first kappa shape index (κ1) is 22.1. The molecule has 4 aromatic heterocycles. The molecule has 0 saturated heterocycles. The number of hydrogen-bond donors (Lipinski definition) is 2. The van der Waals surface area contributed by atoms with Gasteiger partial charge in [-0.2, -0.15) is 5.10 Å². The van der Waals surface area contributed by atoms with E-state index in [0.29, 0.717) is 41.4 Å². The Bertz CT molecular complexity index is 1810. The predicted molar refractivity (Wildman–Crippen MR) is 135 cm³/mol. The number of carbonyl (C=O) groups is 1. The number of aryl methyl sites for hydroxylation is 2. The van der Waals surface area contributed by atoms with Crippen molar-refractivity contribution in [2.24, 2.45) is 20.0 Å². The van der Waals surface area contributed by atoms with Crippen LogP contribution in [0.25, 0.3) is 33.3 Å². The van der Waals surface area contributed by atoms with Crippen molar-refractivity contribution in [2.75, 3.05) is 0 Å². The monoisotopic (exact) mass is 486 g/mol. The summed E-state index contributed by atoms with van der Waals surface area (Å²) < 4.78 is 6.12. The minimum absolute atomic E-state index is 0.110. The smallest absolute Gasteiger partial charge is 0.337 e. The molecule has 184 valence electrons. The summed E-state index contributed by atoms with van der Waals surface area (Å²) in [5.74, 6) is -0.667. The van der Waals surface area contributed by atoms with Crippen molar-refractivity contribution >= 4 is 27.9 Å². The van der Waals surface area contributed by atoms with Gasteiger partial charge in [-0.15, -0.1) is 0 Å². The lowest BCUT2D eigenvalue weighted by Crippen LogP contribution is -2.38. The Morgan fingerprint density at radius 3 is 2.67 bits per heavy atom. The number of fused-ring (bicyclic) bond motifs is 2. The molecule has 0 spiro atoms. The maximum absolute atomic E-state index is 13.5. The van der Waals surface area contributed by atoms with Gasteiger partial charge in [0.1, 0.15) is 11.1 Å². The standard InChI is InChI=1S/C26H26N6O4/c1-14-4-7-19-18(8-14)17(10-27-19)13-32-22(20-9-16(25(34)35)12-29(20)2)21-23(28-32)31(11-15-5-6-15)26(36)30(3)24(21)33/h4,7-10,12,15,27H,5-6,11,13H2,1-3H3,(H,34,35). The Labute approximate surface area is 205 Å². The van der Waals surface area contributed by atoms with Crippen LogP contribution >= 0.6 is 0 Å². The summed E-state index contributed by atoms with van der Waals surface area (Å²) in [6, 6.07) is 7.70. The molecule has 1 aliphatic carbocycles. The van der Waals surface area contributed by atoms with Gasteiger partial charge in [-0.05, 0) is 49.4 Å². The van der Waals surface area contributed by atoms with E-state index in [2.05, 4.69) is 11.1 Å². The number of nitrogens with one attached hydrogen (secondary N) is 1. The summed E-state index contributed by atoms with van der Waals surface area (Å²) in [6.45, 7) is 2.86. The molecule has 10 heteroatoms. The molecule has 0 amide bonds. The number of rotatable bonds is 6. The van der Waals surface area contributed by atoms with E-state index < -0.39 is 17.2 Å². The SMILES string of the molecule is Cc1ccc2[nH]cc(Cn3nc4c(c3-c3cc(C(=O)O)cn3C)c(=O)n(C)c(=O)n4CC3CC3)c2c1. The minimum atomic E-state index is -1.06. The molecule has 36 heavy (non-hydrogen) atoms. The van der Waals surface area contributed by atoms with Crippen molar-refractivity contribution in [1.82, 2.24) is 28.5 Å². The van der Waals surface area contributed by atoms with Crippen LogP contribution in [0.4, 0.5) is 0 Å². The van der Waals surface area contributed by atoms with Crippen LogP contribution in [-0.4, -0.2) is 39.5 Å². The van der Waals surface area contributed by atoms with Crippen LogP contribution in [0.15, 0.2) is 46.2 Å². The third-order valence-corrected chi connectivity index (χ3v) is 7.10. The third-order valence-electron chi connectivity index (χ3n) is 7.10. The third kappa shape index (κ3) is 3.40. The Morgan fingerprint density at radius 2 is 1.97 bits per heavy atom. The Kier molecular flexibility index (Phi) is 4.82. The van der Waals surface area contributed by atoms with Crippen LogP contribution in [0.2, 0.25) is 0 Å². The van der Waals surface area contributed by atoms with E-state index in [9.17, 15) is 19.5 Å². The van der Waals surface area contributed by atoms with Gasteiger partial charge in [0.2, 0.25) is 0 Å². The fourth-order valence-electron chi connectivity index (χ4n) is 4.96. The van der Waals surface area contributed by atoms with E-state index >= 15 is 0 Å². The highest BCUT2D eigenvalue weighted by atomic mass is 16.4. The number of aromatic nitrogens is 6. The van der Waals surface area contributed by atoms with Gasteiger partial charge in [0.05, 0.1) is 17.8 Å². The molecule has 0 aliphatic heterocycles. The van der Waals surface area contributed by atoms with E-state index in [1.807, 2.05) is 25.3 Å². The van der Waals surface area contributed by atoms with Crippen molar-refractivity contribution in [3.8, 4) is 11.4 Å².